The summed E-state index contributed by atoms with van der Waals surface area (Å²) in [4.78, 5) is 15.5. The Morgan fingerprint density at radius 3 is 2.56 bits per heavy atom. The number of carbonyl (C=O) groups is 1. The van der Waals surface area contributed by atoms with Crippen molar-refractivity contribution < 1.29 is 9.90 Å². The Balaban J connectivity index is 2.45. The predicted octanol–water partition coefficient (Wildman–Crippen LogP) is 1.04. The minimum absolute atomic E-state index is 0.162. The largest absolute Gasteiger partial charge is 0.392 e. The van der Waals surface area contributed by atoms with Gasteiger partial charge in [0.2, 0.25) is 0 Å². The predicted molar refractivity (Wildman–Crippen MR) is 70.3 cm³/mol. The van der Waals surface area contributed by atoms with Crippen molar-refractivity contribution in [1.29, 1.82) is 0 Å². The van der Waals surface area contributed by atoms with E-state index in [-0.39, 0.29) is 18.0 Å². The van der Waals surface area contributed by atoms with Crippen LogP contribution < -0.4 is 10.6 Å². The van der Waals surface area contributed by atoms with Crippen molar-refractivity contribution in [3.8, 4) is 0 Å². The Bertz CT molecular complexity index is 377. The summed E-state index contributed by atoms with van der Waals surface area (Å²) in [6.07, 6.45) is 2.94. The summed E-state index contributed by atoms with van der Waals surface area (Å²) in [5, 5.41) is 14.4. The van der Waals surface area contributed by atoms with Gasteiger partial charge in [0.15, 0.2) is 0 Å². The Morgan fingerprint density at radius 2 is 2.00 bits per heavy atom. The van der Waals surface area contributed by atoms with Gasteiger partial charge >= 0.3 is 6.03 Å². The summed E-state index contributed by atoms with van der Waals surface area (Å²) in [5.74, 6) is 0. The van der Waals surface area contributed by atoms with Gasteiger partial charge in [-0.1, -0.05) is 13.8 Å². The monoisotopic (exact) mass is 251 g/mol. The van der Waals surface area contributed by atoms with E-state index in [4.69, 9.17) is 5.11 Å². The number of aliphatic hydroxyl groups excluding tert-OH is 1. The first-order valence-electron chi connectivity index (χ1n) is 6.02. The lowest BCUT2D eigenvalue weighted by molar-refractivity contribution is 0.187. The van der Waals surface area contributed by atoms with Gasteiger partial charge in [0, 0.05) is 30.9 Å². The average Bonchev–Trinajstić information content (AvgIpc) is 2.35. The number of carbonyl (C=O) groups excluding carboxylic acids is 1. The summed E-state index contributed by atoms with van der Waals surface area (Å²) in [6, 6.07) is 3.61. The van der Waals surface area contributed by atoms with Gasteiger partial charge < -0.3 is 15.7 Å². The molecule has 100 valence electrons. The highest BCUT2D eigenvalue weighted by atomic mass is 16.3. The molecule has 0 aliphatic carbocycles. The summed E-state index contributed by atoms with van der Waals surface area (Å²) in [5.41, 5.74) is 0.957. The molecule has 0 spiro atoms. The van der Waals surface area contributed by atoms with Crippen LogP contribution >= 0.6 is 0 Å². The van der Waals surface area contributed by atoms with Gasteiger partial charge in [-0.3, -0.25) is 4.98 Å². The molecule has 0 aromatic carbocycles. The first-order chi connectivity index (χ1) is 8.42. The highest BCUT2D eigenvalue weighted by Crippen LogP contribution is 2.20. The molecule has 5 nitrogen and oxygen atoms in total. The van der Waals surface area contributed by atoms with Gasteiger partial charge in [-0.2, -0.15) is 0 Å². The van der Waals surface area contributed by atoms with Crippen molar-refractivity contribution in [2.45, 2.75) is 32.3 Å². The molecule has 0 unspecified atom stereocenters. The van der Waals surface area contributed by atoms with E-state index in [1.54, 1.807) is 19.3 Å². The summed E-state index contributed by atoms with van der Waals surface area (Å²) >= 11 is 0. The van der Waals surface area contributed by atoms with Crippen LogP contribution in [0.15, 0.2) is 24.5 Å². The van der Waals surface area contributed by atoms with Crippen LogP contribution in [0.1, 0.15) is 26.3 Å². The number of nitrogens with one attached hydrogen (secondary N) is 2. The van der Waals surface area contributed by atoms with Crippen LogP contribution in [0.2, 0.25) is 0 Å². The number of nitrogens with zero attached hydrogens (tertiary/aromatic N) is 1. The molecule has 3 N–H and O–H groups in total. The van der Waals surface area contributed by atoms with E-state index < -0.39 is 6.10 Å². The summed E-state index contributed by atoms with van der Waals surface area (Å²) < 4.78 is 0. The number of aromatic nitrogens is 1. The third kappa shape index (κ3) is 4.71. The Labute approximate surface area is 108 Å². The van der Waals surface area contributed by atoms with Gasteiger partial charge in [-0.25, -0.2) is 4.79 Å². The summed E-state index contributed by atoms with van der Waals surface area (Å²) in [7, 11) is 0. The zero-order valence-electron chi connectivity index (χ0n) is 11.1. The molecular formula is C13H21N3O2. The maximum absolute atomic E-state index is 11.5. The zero-order chi connectivity index (χ0) is 13.6. The van der Waals surface area contributed by atoms with E-state index in [1.165, 1.54) is 0 Å². The van der Waals surface area contributed by atoms with E-state index in [0.717, 1.165) is 5.56 Å². The fraction of sp³-hybridized carbons (Fsp3) is 0.538. The molecule has 0 aliphatic rings. The molecule has 18 heavy (non-hydrogen) atoms. The second kappa shape index (κ2) is 6.35. The van der Waals surface area contributed by atoms with Gasteiger partial charge in [0.25, 0.3) is 0 Å². The highest BCUT2D eigenvalue weighted by molar-refractivity contribution is 5.73. The molecule has 1 aromatic rings. The highest BCUT2D eigenvalue weighted by Gasteiger charge is 2.21. The topological polar surface area (TPSA) is 74.2 Å². The molecule has 2 amide bonds. The molecule has 0 fully saturated rings. The van der Waals surface area contributed by atoms with Crippen molar-refractivity contribution >= 4 is 6.03 Å². The number of hydrogen-bond acceptors (Lipinski definition) is 3. The average molecular weight is 251 g/mol. The normalized spacial score (nSPS) is 12.9. The van der Waals surface area contributed by atoms with Crippen molar-refractivity contribution in [2.75, 3.05) is 13.1 Å². The van der Waals surface area contributed by atoms with Crippen LogP contribution in [0.25, 0.3) is 0 Å². The quantitative estimate of drug-likeness (QED) is 0.732. The van der Waals surface area contributed by atoms with Crippen LogP contribution in [0.4, 0.5) is 4.79 Å². The van der Waals surface area contributed by atoms with Crippen LogP contribution in [-0.2, 0) is 5.41 Å². The van der Waals surface area contributed by atoms with Gasteiger partial charge in [-0.15, -0.1) is 0 Å². The maximum Gasteiger partial charge on any atom is 0.314 e. The fourth-order valence-electron chi connectivity index (χ4n) is 1.51. The van der Waals surface area contributed by atoms with E-state index >= 15 is 0 Å². The number of urea groups is 1. The standard InChI is InChI=1S/C13H21N3O2/c1-10(17)8-15-12(18)16-9-13(2,3)11-4-6-14-7-5-11/h4-7,10,17H,8-9H2,1-3H3,(H2,15,16,18)/t10-/m1/s1. The second-order valence-electron chi connectivity index (χ2n) is 5.03. The number of amides is 2. The van der Waals surface area contributed by atoms with Crippen molar-refractivity contribution in [3.05, 3.63) is 30.1 Å². The van der Waals surface area contributed by atoms with Crippen molar-refractivity contribution in [3.63, 3.8) is 0 Å². The molecule has 1 heterocycles. The van der Waals surface area contributed by atoms with E-state index in [2.05, 4.69) is 29.5 Å². The molecule has 0 saturated carbocycles. The number of hydrogen-bond donors (Lipinski definition) is 3. The lowest BCUT2D eigenvalue weighted by atomic mass is 9.85. The maximum atomic E-state index is 11.5. The summed E-state index contributed by atoms with van der Waals surface area (Å²) in [6.45, 7) is 6.50. The fourth-order valence-corrected chi connectivity index (χ4v) is 1.51. The van der Waals surface area contributed by atoms with Crippen molar-refractivity contribution in [1.82, 2.24) is 15.6 Å². The Hall–Kier alpha value is -1.62. The first-order valence-corrected chi connectivity index (χ1v) is 6.02. The molecule has 1 rings (SSSR count). The Morgan fingerprint density at radius 1 is 1.39 bits per heavy atom. The van der Waals surface area contributed by atoms with E-state index in [0.29, 0.717) is 6.54 Å². The second-order valence-corrected chi connectivity index (χ2v) is 5.03. The van der Waals surface area contributed by atoms with E-state index in [1.807, 2.05) is 12.1 Å². The van der Waals surface area contributed by atoms with Crippen LogP contribution in [0.3, 0.4) is 0 Å². The molecular weight excluding hydrogens is 230 g/mol. The third-order valence-corrected chi connectivity index (χ3v) is 2.71. The van der Waals surface area contributed by atoms with Crippen molar-refractivity contribution in [2.24, 2.45) is 0 Å². The van der Waals surface area contributed by atoms with Crippen LogP contribution in [-0.4, -0.2) is 35.3 Å². The number of pyridine rings is 1. The third-order valence-electron chi connectivity index (χ3n) is 2.71. The molecule has 0 bridgehead atoms. The molecule has 0 radical (unpaired) electrons. The SMILES string of the molecule is C[C@@H](O)CNC(=O)NCC(C)(C)c1ccncc1. The number of aliphatic hydroxyl groups is 1. The molecule has 1 aromatic heterocycles. The Kier molecular flexibility index (Phi) is 5.09. The van der Waals surface area contributed by atoms with Gasteiger partial charge in [-0.05, 0) is 24.6 Å². The minimum Gasteiger partial charge on any atom is -0.392 e. The lowest BCUT2D eigenvalue weighted by Crippen LogP contribution is -2.44. The number of rotatable bonds is 5. The van der Waals surface area contributed by atoms with E-state index in [9.17, 15) is 4.79 Å². The first kappa shape index (κ1) is 14.4. The molecule has 5 heteroatoms. The van der Waals surface area contributed by atoms with Gasteiger partial charge in [0.05, 0.1) is 6.10 Å². The van der Waals surface area contributed by atoms with Gasteiger partial charge in [0.1, 0.15) is 0 Å². The minimum atomic E-state index is -0.538. The van der Waals surface area contributed by atoms with Crippen LogP contribution in [0.5, 0.6) is 0 Å². The molecule has 0 aliphatic heterocycles. The zero-order valence-corrected chi connectivity index (χ0v) is 11.1. The lowest BCUT2D eigenvalue weighted by Gasteiger charge is -2.25. The molecule has 0 saturated heterocycles. The smallest absolute Gasteiger partial charge is 0.314 e. The van der Waals surface area contributed by atoms with Crippen LogP contribution in [0, 0.1) is 0 Å². The molecule has 1 atom stereocenters.